The molecule has 0 radical (unpaired) electrons. The summed E-state index contributed by atoms with van der Waals surface area (Å²) in [6, 6.07) is 9.70. The molecule has 0 unspecified atom stereocenters. The lowest BCUT2D eigenvalue weighted by Crippen LogP contribution is -2.13. The molecule has 0 fully saturated rings. The fraction of sp³-hybridized carbons (Fsp3) is 0.143. The number of nitrogens with one attached hydrogen (secondary N) is 1. The molecule has 20 heavy (non-hydrogen) atoms. The van der Waals surface area contributed by atoms with E-state index in [1.807, 2.05) is 26.0 Å². The van der Waals surface area contributed by atoms with E-state index in [9.17, 15) is 8.42 Å². The maximum absolute atomic E-state index is 12.3. The molecule has 0 aliphatic carbocycles. The van der Waals surface area contributed by atoms with E-state index in [0.717, 1.165) is 11.1 Å². The molecule has 0 heterocycles. The van der Waals surface area contributed by atoms with Gasteiger partial charge in [-0.1, -0.05) is 40.9 Å². The van der Waals surface area contributed by atoms with Crippen LogP contribution >= 0.6 is 23.2 Å². The number of sulfonamides is 1. The molecule has 0 aromatic heterocycles. The molecule has 1 N–H and O–H groups in total. The molecule has 6 heteroatoms. The van der Waals surface area contributed by atoms with Crippen molar-refractivity contribution in [2.45, 2.75) is 18.7 Å². The van der Waals surface area contributed by atoms with Crippen LogP contribution in [0.15, 0.2) is 41.3 Å². The molecular weight excluding hydrogens is 317 g/mol. The van der Waals surface area contributed by atoms with E-state index in [4.69, 9.17) is 23.2 Å². The van der Waals surface area contributed by atoms with Crippen molar-refractivity contribution in [1.82, 2.24) is 0 Å². The molecule has 3 nitrogen and oxygen atoms in total. The van der Waals surface area contributed by atoms with Crippen LogP contribution in [0.5, 0.6) is 0 Å². The largest absolute Gasteiger partial charge is 0.279 e. The van der Waals surface area contributed by atoms with Crippen LogP contribution in [0.4, 0.5) is 5.69 Å². The van der Waals surface area contributed by atoms with Crippen molar-refractivity contribution in [2.24, 2.45) is 0 Å². The Bertz CT molecular complexity index is 758. The first-order chi connectivity index (χ1) is 9.29. The van der Waals surface area contributed by atoms with Crippen LogP contribution in [0.25, 0.3) is 0 Å². The smallest absolute Gasteiger partial charge is 0.261 e. The van der Waals surface area contributed by atoms with Gasteiger partial charge in [0.05, 0.1) is 20.6 Å². The minimum absolute atomic E-state index is 0.0758. The number of rotatable bonds is 3. The van der Waals surface area contributed by atoms with Crippen molar-refractivity contribution in [1.29, 1.82) is 0 Å². The number of hydrogen-bond donors (Lipinski definition) is 1. The van der Waals surface area contributed by atoms with Gasteiger partial charge in [-0.25, -0.2) is 8.42 Å². The van der Waals surface area contributed by atoms with Crippen molar-refractivity contribution >= 4 is 38.9 Å². The minimum atomic E-state index is -3.68. The molecule has 0 amide bonds. The van der Waals surface area contributed by atoms with Gasteiger partial charge in [-0.15, -0.1) is 0 Å². The molecule has 2 rings (SSSR count). The van der Waals surface area contributed by atoms with E-state index in [2.05, 4.69) is 4.72 Å². The molecule has 0 aliphatic rings. The van der Waals surface area contributed by atoms with E-state index in [1.165, 1.54) is 18.2 Å². The number of halogens is 2. The normalized spacial score (nSPS) is 11.4. The fourth-order valence-electron chi connectivity index (χ4n) is 1.78. The lowest BCUT2D eigenvalue weighted by Gasteiger charge is -2.11. The van der Waals surface area contributed by atoms with E-state index < -0.39 is 10.0 Å². The van der Waals surface area contributed by atoms with E-state index in [-0.39, 0.29) is 9.92 Å². The predicted molar refractivity (Wildman–Crippen MR) is 83.2 cm³/mol. The highest BCUT2D eigenvalue weighted by Crippen LogP contribution is 2.26. The highest BCUT2D eigenvalue weighted by Gasteiger charge is 2.16. The summed E-state index contributed by atoms with van der Waals surface area (Å²) in [6.45, 7) is 3.80. The van der Waals surface area contributed by atoms with Gasteiger partial charge < -0.3 is 0 Å². The van der Waals surface area contributed by atoms with Crippen molar-refractivity contribution < 1.29 is 8.42 Å². The zero-order valence-electron chi connectivity index (χ0n) is 10.9. The number of hydrogen-bond acceptors (Lipinski definition) is 2. The summed E-state index contributed by atoms with van der Waals surface area (Å²) in [7, 11) is -3.68. The Morgan fingerprint density at radius 1 is 0.950 bits per heavy atom. The summed E-state index contributed by atoms with van der Waals surface area (Å²) in [5.74, 6) is 0. The van der Waals surface area contributed by atoms with Crippen LogP contribution in [-0.2, 0) is 10.0 Å². The molecule has 0 atom stereocenters. The fourth-order valence-corrected chi connectivity index (χ4v) is 3.30. The van der Waals surface area contributed by atoms with Crippen LogP contribution < -0.4 is 4.72 Å². The Morgan fingerprint density at radius 2 is 1.65 bits per heavy atom. The van der Waals surface area contributed by atoms with Gasteiger partial charge in [0.1, 0.15) is 0 Å². The van der Waals surface area contributed by atoms with Crippen LogP contribution in [0.1, 0.15) is 11.1 Å². The minimum Gasteiger partial charge on any atom is -0.279 e. The van der Waals surface area contributed by atoms with Crippen LogP contribution in [-0.4, -0.2) is 8.42 Å². The highest BCUT2D eigenvalue weighted by atomic mass is 35.5. The number of benzene rings is 2. The third-order valence-corrected chi connectivity index (χ3v) is 4.93. The zero-order valence-corrected chi connectivity index (χ0v) is 13.3. The maximum Gasteiger partial charge on any atom is 0.261 e. The molecule has 0 saturated carbocycles. The predicted octanol–water partition coefficient (Wildman–Crippen LogP) is 4.41. The van der Waals surface area contributed by atoms with Crippen molar-refractivity contribution in [3.63, 3.8) is 0 Å². The van der Waals surface area contributed by atoms with Crippen LogP contribution in [0.3, 0.4) is 0 Å². The van der Waals surface area contributed by atoms with Gasteiger partial charge in [0.15, 0.2) is 0 Å². The summed E-state index contributed by atoms with van der Waals surface area (Å²) in [5.41, 5.74) is 2.47. The summed E-state index contributed by atoms with van der Waals surface area (Å²) in [5, 5.41) is 0.521. The Labute approximate surface area is 128 Å². The zero-order chi connectivity index (χ0) is 14.9. The summed E-state index contributed by atoms with van der Waals surface area (Å²) >= 11 is 11.6. The Hall–Kier alpha value is -1.23. The molecule has 0 bridgehead atoms. The van der Waals surface area contributed by atoms with Crippen molar-refractivity contribution in [3.05, 3.63) is 57.6 Å². The lowest BCUT2D eigenvalue weighted by molar-refractivity contribution is 0.601. The average Bonchev–Trinajstić information content (AvgIpc) is 2.36. The van der Waals surface area contributed by atoms with Gasteiger partial charge in [0.2, 0.25) is 0 Å². The van der Waals surface area contributed by atoms with Gasteiger partial charge in [0, 0.05) is 0 Å². The molecule has 0 saturated heterocycles. The van der Waals surface area contributed by atoms with Gasteiger partial charge in [0.25, 0.3) is 10.0 Å². The first-order valence-electron chi connectivity index (χ1n) is 5.85. The monoisotopic (exact) mass is 329 g/mol. The molecule has 0 aliphatic heterocycles. The van der Waals surface area contributed by atoms with Crippen molar-refractivity contribution in [3.8, 4) is 0 Å². The highest BCUT2D eigenvalue weighted by molar-refractivity contribution is 7.92. The molecule has 0 spiro atoms. The van der Waals surface area contributed by atoms with Gasteiger partial charge in [-0.3, -0.25) is 4.72 Å². The average molecular weight is 330 g/mol. The lowest BCUT2D eigenvalue weighted by atomic mass is 10.1. The van der Waals surface area contributed by atoms with E-state index in [0.29, 0.717) is 10.7 Å². The molecule has 2 aromatic carbocycles. The van der Waals surface area contributed by atoms with Crippen LogP contribution in [0, 0.1) is 13.8 Å². The first-order valence-corrected chi connectivity index (χ1v) is 8.08. The maximum atomic E-state index is 12.3. The van der Waals surface area contributed by atoms with E-state index >= 15 is 0 Å². The number of anilines is 1. The third-order valence-electron chi connectivity index (χ3n) is 2.83. The molecule has 2 aromatic rings. The molecule has 106 valence electrons. The summed E-state index contributed by atoms with van der Waals surface area (Å²) in [4.78, 5) is 0.0758. The SMILES string of the molecule is Cc1ccc(NS(=O)(=O)c2ccc(Cl)c(Cl)c2)c(C)c1. The van der Waals surface area contributed by atoms with Crippen molar-refractivity contribution in [2.75, 3.05) is 4.72 Å². The first kappa shape index (κ1) is 15.2. The second kappa shape index (κ2) is 5.64. The van der Waals surface area contributed by atoms with Gasteiger partial charge in [-0.05, 0) is 43.7 Å². The van der Waals surface area contributed by atoms with Gasteiger partial charge >= 0.3 is 0 Å². The molecular formula is C14H13Cl2NO2S. The summed E-state index contributed by atoms with van der Waals surface area (Å²) in [6.07, 6.45) is 0. The number of aryl methyl sites for hydroxylation is 2. The Kier molecular flexibility index (Phi) is 4.28. The second-order valence-electron chi connectivity index (χ2n) is 4.50. The quantitative estimate of drug-likeness (QED) is 0.906. The standard InChI is InChI=1S/C14H13Cl2NO2S/c1-9-3-6-14(10(2)7-9)17-20(18,19)11-4-5-12(15)13(16)8-11/h3-8,17H,1-2H3. The third kappa shape index (κ3) is 3.26. The van der Waals surface area contributed by atoms with Gasteiger partial charge in [-0.2, -0.15) is 0 Å². The Balaban J connectivity index is 2.38. The second-order valence-corrected chi connectivity index (χ2v) is 7.00. The van der Waals surface area contributed by atoms with Crippen LogP contribution in [0.2, 0.25) is 10.0 Å². The van der Waals surface area contributed by atoms with E-state index in [1.54, 1.807) is 6.07 Å². The topological polar surface area (TPSA) is 46.2 Å². The summed E-state index contributed by atoms with van der Waals surface area (Å²) < 4.78 is 27.1. The Morgan fingerprint density at radius 3 is 2.25 bits per heavy atom.